The minimum absolute atomic E-state index is 0.0320. The van der Waals surface area contributed by atoms with Crippen LogP contribution in [-0.4, -0.2) is 43.4 Å². The lowest BCUT2D eigenvalue weighted by molar-refractivity contribution is 0.0706. The number of hydrogen-bond donors (Lipinski definition) is 0. The van der Waals surface area contributed by atoms with Gasteiger partial charge in [0.1, 0.15) is 6.33 Å². The third kappa shape index (κ3) is 3.17. The lowest BCUT2D eigenvalue weighted by Gasteiger charge is -2.32. The Balaban J connectivity index is 1.61. The fraction of sp³-hybridized carbons (Fsp3) is 0.353. The van der Waals surface area contributed by atoms with Crippen molar-refractivity contribution >= 4 is 17.4 Å². The maximum atomic E-state index is 12.6. The highest BCUT2D eigenvalue weighted by Crippen LogP contribution is 2.33. The summed E-state index contributed by atoms with van der Waals surface area (Å²) in [6, 6.07) is 1.88. The van der Waals surface area contributed by atoms with Gasteiger partial charge >= 0.3 is 0 Å². The molecule has 25 heavy (non-hydrogen) atoms. The molecule has 1 aliphatic heterocycles. The van der Waals surface area contributed by atoms with E-state index in [0.717, 1.165) is 36.3 Å². The van der Waals surface area contributed by atoms with Gasteiger partial charge in [0, 0.05) is 36.7 Å². The summed E-state index contributed by atoms with van der Waals surface area (Å²) < 4.78 is 9.42. The molecular formula is C17H17N5O2S. The Labute approximate surface area is 148 Å². The van der Waals surface area contributed by atoms with E-state index >= 15 is 0 Å². The number of aryl methyl sites for hydroxylation is 1. The van der Waals surface area contributed by atoms with Crippen LogP contribution in [0.15, 0.2) is 34.7 Å². The van der Waals surface area contributed by atoms with Gasteiger partial charge in [-0.3, -0.25) is 4.79 Å². The first kappa shape index (κ1) is 15.9. The normalized spacial score (nSPS) is 17.6. The molecule has 8 heteroatoms. The first-order valence-corrected chi connectivity index (χ1v) is 8.98. The summed E-state index contributed by atoms with van der Waals surface area (Å²) >= 11 is 1.29. The molecule has 0 bridgehead atoms. The van der Waals surface area contributed by atoms with Crippen molar-refractivity contribution in [3.63, 3.8) is 0 Å². The second-order valence-electron chi connectivity index (χ2n) is 6.16. The Hall–Kier alpha value is -2.61. The second kappa shape index (κ2) is 6.72. The van der Waals surface area contributed by atoms with Crippen LogP contribution in [0.2, 0.25) is 0 Å². The highest BCUT2D eigenvalue weighted by atomic mass is 32.1. The Morgan fingerprint density at radius 1 is 1.40 bits per heavy atom. The molecule has 1 aliphatic rings. The van der Waals surface area contributed by atoms with Crippen molar-refractivity contribution in [1.82, 2.24) is 24.4 Å². The van der Waals surface area contributed by atoms with Gasteiger partial charge in [-0.15, -0.1) is 0 Å². The lowest BCUT2D eigenvalue weighted by Crippen LogP contribution is -2.39. The molecule has 4 heterocycles. The maximum Gasteiger partial charge on any atom is 0.256 e. The SMILES string of the molecule is Cc1cc(-c2cncnc2C2CCCN(C(=O)c3cnsc3)C2)on1. The van der Waals surface area contributed by atoms with Gasteiger partial charge in [0.05, 0.1) is 28.7 Å². The van der Waals surface area contributed by atoms with Gasteiger partial charge in [0.15, 0.2) is 5.76 Å². The number of rotatable bonds is 3. The first-order chi connectivity index (χ1) is 12.2. The number of aromatic nitrogens is 4. The maximum absolute atomic E-state index is 12.6. The van der Waals surface area contributed by atoms with Crippen molar-refractivity contribution in [2.75, 3.05) is 13.1 Å². The Bertz CT molecular complexity index is 877. The van der Waals surface area contributed by atoms with Crippen LogP contribution < -0.4 is 0 Å². The number of likely N-dealkylation sites (tertiary alicyclic amines) is 1. The van der Waals surface area contributed by atoms with E-state index in [2.05, 4.69) is 19.5 Å². The van der Waals surface area contributed by atoms with Gasteiger partial charge < -0.3 is 9.42 Å². The molecule has 1 saturated heterocycles. The lowest BCUT2D eigenvalue weighted by atomic mass is 9.91. The molecule has 1 atom stereocenters. The molecule has 0 N–H and O–H groups in total. The van der Waals surface area contributed by atoms with Crippen molar-refractivity contribution in [3.05, 3.63) is 47.1 Å². The molecule has 0 saturated carbocycles. The van der Waals surface area contributed by atoms with Crippen molar-refractivity contribution in [2.45, 2.75) is 25.7 Å². The number of carbonyl (C=O) groups is 1. The van der Waals surface area contributed by atoms with Crippen molar-refractivity contribution in [3.8, 4) is 11.3 Å². The smallest absolute Gasteiger partial charge is 0.256 e. The van der Waals surface area contributed by atoms with Crippen molar-refractivity contribution in [1.29, 1.82) is 0 Å². The highest BCUT2D eigenvalue weighted by molar-refractivity contribution is 7.03. The third-order valence-corrected chi connectivity index (χ3v) is 5.00. The van der Waals surface area contributed by atoms with Crippen LogP contribution in [0.5, 0.6) is 0 Å². The number of piperidine rings is 1. The average molecular weight is 355 g/mol. The Morgan fingerprint density at radius 2 is 2.32 bits per heavy atom. The molecule has 0 aliphatic carbocycles. The van der Waals surface area contributed by atoms with Gasteiger partial charge in [0.25, 0.3) is 5.91 Å². The average Bonchev–Trinajstić information content (AvgIpc) is 3.33. The molecule has 0 aromatic carbocycles. The van der Waals surface area contributed by atoms with E-state index in [1.165, 1.54) is 11.5 Å². The van der Waals surface area contributed by atoms with E-state index in [1.807, 2.05) is 17.9 Å². The topological polar surface area (TPSA) is 85.0 Å². The predicted molar refractivity (Wildman–Crippen MR) is 92.3 cm³/mol. The Kier molecular flexibility index (Phi) is 4.27. The number of carbonyl (C=O) groups excluding carboxylic acids is 1. The molecule has 0 spiro atoms. The minimum atomic E-state index is 0.0320. The predicted octanol–water partition coefficient (Wildman–Crippen LogP) is 2.92. The summed E-state index contributed by atoms with van der Waals surface area (Å²) in [5.41, 5.74) is 3.22. The van der Waals surface area contributed by atoms with Crippen molar-refractivity contribution in [2.24, 2.45) is 0 Å². The van der Waals surface area contributed by atoms with E-state index in [-0.39, 0.29) is 11.8 Å². The van der Waals surface area contributed by atoms with Gasteiger partial charge in [-0.25, -0.2) is 14.3 Å². The largest absolute Gasteiger partial charge is 0.356 e. The van der Waals surface area contributed by atoms with Gasteiger partial charge in [-0.2, -0.15) is 0 Å². The standard InChI is InChI=1S/C17H17N5O2S/c1-11-5-15(24-21-11)14-7-18-10-19-16(14)12-3-2-4-22(8-12)17(23)13-6-20-25-9-13/h5-7,9-10,12H,2-4,8H2,1H3. The fourth-order valence-electron chi connectivity index (χ4n) is 3.22. The zero-order valence-corrected chi connectivity index (χ0v) is 14.6. The number of nitrogens with zero attached hydrogens (tertiary/aromatic N) is 5. The molecule has 1 fully saturated rings. The van der Waals surface area contributed by atoms with E-state index < -0.39 is 0 Å². The zero-order chi connectivity index (χ0) is 17.2. The molecule has 7 nitrogen and oxygen atoms in total. The molecule has 1 unspecified atom stereocenters. The van der Waals surface area contributed by atoms with Crippen LogP contribution in [0.4, 0.5) is 0 Å². The molecule has 3 aromatic rings. The van der Waals surface area contributed by atoms with Crippen LogP contribution >= 0.6 is 11.5 Å². The van der Waals surface area contributed by atoms with Crippen molar-refractivity contribution < 1.29 is 9.32 Å². The molecule has 128 valence electrons. The van der Waals surface area contributed by atoms with Crippen LogP contribution in [-0.2, 0) is 0 Å². The molecule has 4 rings (SSSR count). The monoisotopic (exact) mass is 355 g/mol. The summed E-state index contributed by atoms with van der Waals surface area (Å²) in [6.45, 7) is 3.27. The summed E-state index contributed by atoms with van der Waals surface area (Å²) in [6.07, 6.45) is 6.84. The minimum Gasteiger partial charge on any atom is -0.356 e. The second-order valence-corrected chi connectivity index (χ2v) is 6.81. The molecule has 3 aromatic heterocycles. The van der Waals surface area contributed by atoms with Crippen LogP contribution in [0.1, 0.15) is 40.5 Å². The van der Waals surface area contributed by atoms with Gasteiger partial charge in [-0.1, -0.05) is 5.16 Å². The Morgan fingerprint density at radius 3 is 3.08 bits per heavy atom. The number of amides is 1. The fourth-order valence-corrected chi connectivity index (χ4v) is 3.73. The number of hydrogen-bond acceptors (Lipinski definition) is 7. The highest BCUT2D eigenvalue weighted by Gasteiger charge is 2.29. The van der Waals surface area contributed by atoms with Gasteiger partial charge in [-0.05, 0) is 31.3 Å². The van der Waals surface area contributed by atoms with E-state index in [0.29, 0.717) is 17.9 Å². The summed E-state index contributed by atoms with van der Waals surface area (Å²) in [4.78, 5) is 23.1. The van der Waals surface area contributed by atoms with Crippen LogP contribution in [0.3, 0.4) is 0 Å². The van der Waals surface area contributed by atoms with E-state index in [9.17, 15) is 4.79 Å². The summed E-state index contributed by atoms with van der Waals surface area (Å²) in [5.74, 6) is 0.843. The molecular weight excluding hydrogens is 338 g/mol. The molecule has 1 amide bonds. The third-order valence-electron chi connectivity index (χ3n) is 4.41. The van der Waals surface area contributed by atoms with Crippen LogP contribution in [0.25, 0.3) is 11.3 Å². The van der Waals surface area contributed by atoms with E-state index in [4.69, 9.17) is 4.52 Å². The summed E-state index contributed by atoms with van der Waals surface area (Å²) in [7, 11) is 0. The van der Waals surface area contributed by atoms with Crippen LogP contribution in [0, 0.1) is 6.92 Å². The zero-order valence-electron chi connectivity index (χ0n) is 13.8. The first-order valence-electron chi connectivity index (χ1n) is 8.14. The molecule has 0 radical (unpaired) electrons. The summed E-state index contributed by atoms with van der Waals surface area (Å²) in [5, 5.41) is 5.75. The quantitative estimate of drug-likeness (QED) is 0.718. The van der Waals surface area contributed by atoms with Gasteiger partial charge in [0.2, 0.25) is 0 Å². The van der Waals surface area contributed by atoms with E-state index in [1.54, 1.807) is 24.1 Å².